The molecule has 2 bridgehead atoms. The lowest BCUT2D eigenvalue weighted by Crippen LogP contribution is -2.47. The number of aromatic nitrogens is 2. The molecule has 0 radical (unpaired) electrons. The molecule has 7 nitrogen and oxygen atoms in total. The third-order valence-corrected chi connectivity index (χ3v) is 6.08. The molecule has 1 aromatic rings. The number of aryl methyl sites for hydroxylation is 1. The number of carboxylic acids is 1. The molecule has 1 heterocycles. The smallest absolute Gasteiger partial charge is 0.308 e. The molecule has 110 valence electrons. The highest BCUT2D eigenvalue weighted by Crippen LogP contribution is 2.48. The van der Waals surface area contributed by atoms with Crippen LogP contribution in [-0.2, 0) is 21.9 Å². The highest BCUT2D eigenvalue weighted by Gasteiger charge is 2.52. The monoisotopic (exact) mass is 299 g/mol. The largest absolute Gasteiger partial charge is 0.481 e. The van der Waals surface area contributed by atoms with Crippen LogP contribution in [0.5, 0.6) is 0 Å². The maximum Gasteiger partial charge on any atom is 0.308 e. The van der Waals surface area contributed by atoms with Crippen LogP contribution in [0.25, 0.3) is 0 Å². The van der Waals surface area contributed by atoms with Crippen LogP contribution in [0.4, 0.5) is 0 Å². The lowest BCUT2D eigenvalue weighted by Gasteiger charge is -2.28. The van der Waals surface area contributed by atoms with Crippen LogP contribution in [-0.4, -0.2) is 35.3 Å². The maximum absolute atomic E-state index is 12.3. The van der Waals surface area contributed by atoms with Crippen LogP contribution >= 0.6 is 0 Å². The molecule has 4 unspecified atom stereocenters. The van der Waals surface area contributed by atoms with Crippen molar-refractivity contribution in [2.24, 2.45) is 24.8 Å². The van der Waals surface area contributed by atoms with Crippen LogP contribution in [0.15, 0.2) is 17.3 Å². The molecule has 0 spiro atoms. The molecule has 1 aromatic heterocycles. The second-order valence-corrected chi connectivity index (χ2v) is 7.30. The summed E-state index contributed by atoms with van der Waals surface area (Å²) in [5, 5.41) is 13.2. The molecular formula is C12H17N3O4S. The summed E-state index contributed by atoms with van der Waals surface area (Å²) in [6, 6.07) is 0.900. The first-order chi connectivity index (χ1) is 9.40. The molecule has 2 aliphatic rings. The highest BCUT2D eigenvalue weighted by molar-refractivity contribution is 7.89. The van der Waals surface area contributed by atoms with E-state index in [0.29, 0.717) is 0 Å². The van der Waals surface area contributed by atoms with Gasteiger partial charge in [-0.1, -0.05) is 0 Å². The van der Waals surface area contributed by atoms with Crippen molar-refractivity contribution >= 4 is 16.0 Å². The molecule has 4 atom stereocenters. The topological polar surface area (TPSA) is 101 Å². The fourth-order valence-corrected chi connectivity index (χ4v) is 5.13. The van der Waals surface area contributed by atoms with E-state index < -0.39 is 28.0 Å². The van der Waals surface area contributed by atoms with E-state index in [9.17, 15) is 18.3 Å². The van der Waals surface area contributed by atoms with Gasteiger partial charge in [0.1, 0.15) is 0 Å². The minimum absolute atomic E-state index is 0.0596. The van der Waals surface area contributed by atoms with Crippen molar-refractivity contribution in [2.45, 2.75) is 30.3 Å². The predicted octanol–water partition coefficient (Wildman–Crippen LogP) is 0.198. The number of nitrogens with one attached hydrogen (secondary N) is 1. The van der Waals surface area contributed by atoms with E-state index >= 15 is 0 Å². The van der Waals surface area contributed by atoms with Gasteiger partial charge in [0.05, 0.1) is 12.1 Å². The van der Waals surface area contributed by atoms with E-state index in [4.69, 9.17) is 0 Å². The Balaban J connectivity index is 1.87. The fourth-order valence-electron chi connectivity index (χ4n) is 3.68. The first kappa shape index (κ1) is 13.6. The van der Waals surface area contributed by atoms with E-state index in [1.54, 1.807) is 7.05 Å². The van der Waals surface area contributed by atoms with Gasteiger partial charge in [0.15, 0.2) is 5.03 Å². The van der Waals surface area contributed by atoms with Gasteiger partial charge in [-0.25, -0.2) is 13.1 Å². The molecule has 2 fully saturated rings. The van der Waals surface area contributed by atoms with E-state index in [-0.39, 0.29) is 16.9 Å². The molecular weight excluding hydrogens is 282 g/mol. The zero-order valence-electron chi connectivity index (χ0n) is 11.1. The molecule has 2 saturated carbocycles. The van der Waals surface area contributed by atoms with Crippen molar-refractivity contribution < 1.29 is 18.3 Å². The normalized spacial score (nSPS) is 32.6. The van der Waals surface area contributed by atoms with Gasteiger partial charge in [-0.15, -0.1) is 0 Å². The number of aliphatic carboxylic acids is 1. The standard InChI is InChI=1S/C12H17N3O4S/c1-15-9(4-5-13-15)20(18,19)14-11-8-3-2-7(6-8)10(11)12(16)17/h4-5,7-8,10-11,14H,2-3,6H2,1H3,(H,16,17). The number of fused-ring (bicyclic) bond motifs is 2. The second kappa shape index (κ2) is 4.56. The van der Waals surface area contributed by atoms with Gasteiger partial charge in [0, 0.05) is 13.1 Å². The summed E-state index contributed by atoms with van der Waals surface area (Å²) in [6.07, 6.45) is 3.98. The molecule has 0 amide bonds. The van der Waals surface area contributed by atoms with Gasteiger partial charge in [0.25, 0.3) is 10.0 Å². The lowest BCUT2D eigenvalue weighted by molar-refractivity contribution is -0.144. The SMILES string of the molecule is Cn1nccc1S(=O)(=O)NC1C2CCC(C2)C1C(=O)O. The first-order valence-electron chi connectivity index (χ1n) is 6.63. The lowest BCUT2D eigenvalue weighted by atomic mass is 9.85. The molecule has 20 heavy (non-hydrogen) atoms. The Hall–Kier alpha value is -1.41. The van der Waals surface area contributed by atoms with Crippen LogP contribution in [0.3, 0.4) is 0 Å². The van der Waals surface area contributed by atoms with Crippen molar-refractivity contribution in [2.75, 3.05) is 0 Å². The van der Waals surface area contributed by atoms with E-state index in [1.165, 1.54) is 16.9 Å². The Labute approximate surface area is 117 Å². The Morgan fingerprint density at radius 2 is 2.15 bits per heavy atom. The third kappa shape index (κ3) is 2.03. The number of rotatable bonds is 4. The minimum atomic E-state index is -3.73. The first-order valence-corrected chi connectivity index (χ1v) is 8.11. The number of sulfonamides is 1. The molecule has 0 saturated heterocycles. The van der Waals surface area contributed by atoms with Crippen molar-refractivity contribution in [1.82, 2.24) is 14.5 Å². The minimum Gasteiger partial charge on any atom is -0.481 e. The van der Waals surface area contributed by atoms with Gasteiger partial charge >= 0.3 is 5.97 Å². The Morgan fingerprint density at radius 1 is 1.45 bits per heavy atom. The Kier molecular flexibility index (Phi) is 3.09. The molecule has 3 rings (SSSR count). The average molecular weight is 299 g/mol. The predicted molar refractivity (Wildman–Crippen MR) is 69.3 cm³/mol. The summed E-state index contributed by atoms with van der Waals surface area (Å²) < 4.78 is 28.6. The number of nitrogens with zero attached hydrogens (tertiary/aromatic N) is 2. The summed E-state index contributed by atoms with van der Waals surface area (Å²) in [4.78, 5) is 11.4. The summed E-state index contributed by atoms with van der Waals surface area (Å²) in [6.45, 7) is 0. The highest BCUT2D eigenvalue weighted by atomic mass is 32.2. The summed E-state index contributed by atoms with van der Waals surface area (Å²) in [5.41, 5.74) is 0. The average Bonchev–Trinajstić information content (AvgIpc) is 3.02. The van der Waals surface area contributed by atoms with Gasteiger partial charge in [-0.2, -0.15) is 5.10 Å². The number of carbonyl (C=O) groups is 1. The van der Waals surface area contributed by atoms with Gasteiger partial charge < -0.3 is 5.11 Å². The number of hydrogen-bond acceptors (Lipinski definition) is 4. The second-order valence-electron chi connectivity index (χ2n) is 5.64. The van der Waals surface area contributed by atoms with Crippen LogP contribution in [0.1, 0.15) is 19.3 Å². The van der Waals surface area contributed by atoms with E-state index in [2.05, 4.69) is 9.82 Å². The quantitative estimate of drug-likeness (QED) is 0.827. The summed E-state index contributed by atoms with van der Waals surface area (Å²) in [5.74, 6) is -1.30. The zero-order valence-corrected chi connectivity index (χ0v) is 11.9. The Morgan fingerprint density at radius 3 is 2.75 bits per heavy atom. The van der Waals surface area contributed by atoms with Crippen LogP contribution < -0.4 is 4.72 Å². The molecule has 2 aliphatic carbocycles. The van der Waals surface area contributed by atoms with Crippen LogP contribution in [0, 0.1) is 17.8 Å². The molecule has 8 heteroatoms. The molecule has 0 aromatic carbocycles. The summed E-state index contributed by atoms with van der Waals surface area (Å²) in [7, 11) is -2.19. The van der Waals surface area contributed by atoms with Gasteiger partial charge in [0.2, 0.25) is 0 Å². The Bertz CT molecular complexity index is 639. The van der Waals surface area contributed by atoms with Crippen molar-refractivity contribution in [1.29, 1.82) is 0 Å². The number of carboxylic acid groups (broad SMARTS) is 1. The van der Waals surface area contributed by atoms with Crippen molar-refractivity contribution in [3.05, 3.63) is 12.3 Å². The third-order valence-electron chi connectivity index (χ3n) is 4.54. The molecule has 0 aliphatic heterocycles. The maximum atomic E-state index is 12.3. The zero-order chi connectivity index (χ0) is 14.5. The molecule has 2 N–H and O–H groups in total. The van der Waals surface area contributed by atoms with E-state index in [1.807, 2.05) is 0 Å². The fraction of sp³-hybridized carbons (Fsp3) is 0.667. The summed E-state index contributed by atoms with van der Waals surface area (Å²) >= 11 is 0. The van der Waals surface area contributed by atoms with Crippen molar-refractivity contribution in [3.8, 4) is 0 Å². The van der Waals surface area contributed by atoms with Crippen LogP contribution in [0.2, 0.25) is 0 Å². The van der Waals surface area contributed by atoms with Gasteiger partial charge in [-0.05, 0) is 37.2 Å². The van der Waals surface area contributed by atoms with E-state index in [0.717, 1.165) is 19.3 Å². The van der Waals surface area contributed by atoms with Crippen molar-refractivity contribution in [3.63, 3.8) is 0 Å². The van der Waals surface area contributed by atoms with Gasteiger partial charge in [-0.3, -0.25) is 9.48 Å². The number of hydrogen-bond donors (Lipinski definition) is 2.